The first-order chi connectivity index (χ1) is 6.33. The lowest BCUT2D eigenvalue weighted by atomic mass is 10.0. The lowest BCUT2D eigenvalue weighted by Gasteiger charge is -2.14. The molecule has 76 valence electrons. The fourth-order valence-corrected chi connectivity index (χ4v) is 3.03. The SMILES string of the molecule is CN(CCO)CC1C2CCCCC21. The second-order valence-electron chi connectivity index (χ2n) is 4.76. The Hall–Kier alpha value is -0.0800. The lowest BCUT2D eigenvalue weighted by molar-refractivity contribution is 0.213. The van der Waals surface area contributed by atoms with Gasteiger partial charge in [0.1, 0.15) is 0 Å². The molecule has 0 aliphatic heterocycles. The van der Waals surface area contributed by atoms with Crippen molar-refractivity contribution in [3.63, 3.8) is 0 Å². The highest BCUT2D eigenvalue weighted by atomic mass is 16.3. The number of nitrogens with zero attached hydrogens (tertiary/aromatic N) is 1. The van der Waals surface area contributed by atoms with E-state index in [2.05, 4.69) is 11.9 Å². The first kappa shape index (κ1) is 9.47. The molecule has 0 aromatic rings. The summed E-state index contributed by atoms with van der Waals surface area (Å²) < 4.78 is 0. The molecule has 2 saturated carbocycles. The highest BCUT2D eigenvalue weighted by Gasteiger charge is 2.50. The van der Waals surface area contributed by atoms with Gasteiger partial charge in [0, 0.05) is 13.1 Å². The summed E-state index contributed by atoms with van der Waals surface area (Å²) in [7, 11) is 2.13. The van der Waals surface area contributed by atoms with E-state index in [0.717, 1.165) is 24.3 Å². The van der Waals surface area contributed by atoms with Crippen LogP contribution in [0.15, 0.2) is 0 Å². The average Bonchev–Trinajstić information content (AvgIpc) is 2.80. The molecule has 2 unspecified atom stereocenters. The molecule has 0 radical (unpaired) electrons. The third-order valence-corrected chi connectivity index (χ3v) is 3.84. The molecule has 0 aromatic heterocycles. The van der Waals surface area contributed by atoms with E-state index in [1.807, 2.05) is 0 Å². The van der Waals surface area contributed by atoms with Crippen LogP contribution in [0.5, 0.6) is 0 Å². The van der Waals surface area contributed by atoms with E-state index < -0.39 is 0 Å². The Morgan fingerprint density at radius 2 is 1.85 bits per heavy atom. The quantitative estimate of drug-likeness (QED) is 0.711. The summed E-state index contributed by atoms with van der Waals surface area (Å²) in [5.74, 6) is 3.07. The highest BCUT2D eigenvalue weighted by Crippen LogP contribution is 2.55. The van der Waals surface area contributed by atoms with Crippen LogP contribution in [0.4, 0.5) is 0 Å². The van der Waals surface area contributed by atoms with E-state index in [4.69, 9.17) is 5.11 Å². The second kappa shape index (κ2) is 3.97. The molecule has 0 aromatic carbocycles. The first-order valence-corrected chi connectivity index (χ1v) is 5.62. The number of likely N-dealkylation sites (N-methyl/N-ethyl adjacent to an activating group) is 1. The Kier molecular flexibility index (Phi) is 2.89. The van der Waals surface area contributed by atoms with Crippen LogP contribution in [0.3, 0.4) is 0 Å². The molecule has 2 fully saturated rings. The summed E-state index contributed by atoms with van der Waals surface area (Å²) in [5, 5.41) is 8.79. The fourth-order valence-electron chi connectivity index (χ4n) is 3.03. The van der Waals surface area contributed by atoms with Crippen LogP contribution >= 0.6 is 0 Å². The lowest BCUT2D eigenvalue weighted by Crippen LogP contribution is -2.25. The normalized spacial score (nSPS) is 37.6. The number of hydrogen-bond acceptors (Lipinski definition) is 2. The van der Waals surface area contributed by atoms with Crippen LogP contribution in [0.25, 0.3) is 0 Å². The number of aliphatic hydroxyl groups is 1. The van der Waals surface area contributed by atoms with E-state index in [1.165, 1.54) is 32.2 Å². The van der Waals surface area contributed by atoms with Crippen LogP contribution in [0.2, 0.25) is 0 Å². The van der Waals surface area contributed by atoms with Gasteiger partial charge in [0.15, 0.2) is 0 Å². The average molecular weight is 183 g/mol. The van der Waals surface area contributed by atoms with Crippen LogP contribution in [-0.2, 0) is 0 Å². The zero-order chi connectivity index (χ0) is 9.26. The zero-order valence-corrected chi connectivity index (χ0v) is 8.58. The van der Waals surface area contributed by atoms with E-state index in [0.29, 0.717) is 6.61 Å². The molecule has 0 heterocycles. The minimum atomic E-state index is 0.304. The largest absolute Gasteiger partial charge is 0.395 e. The summed E-state index contributed by atoms with van der Waals surface area (Å²) in [6.45, 7) is 2.37. The molecule has 0 saturated heterocycles. The van der Waals surface area contributed by atoms with Crippen LogP contribution < -0.4 is 0 Å². The number of hydrogen-bond donors (Lipinski definition) is 1. The van der Waals surface area contributed by atoms with E-state index in [9.17, 15) is 0 Å². The van der Waals surface area contributed by atoms with Crippen molar-refractivity contribution in [1.29, 1.82) is 0 Å². The van der Waals surface area contributed by atoms with Crippen molar-refractivity contribution in [1.82, 2.24) is 4.90 Å². The minimum Gasteiger partial charge on any atom is -0.395 e. The monoisotopic (exact) mass is 183 g/mol. The van der Waals surface area contributed by atoms with Gasteiger partial charge in [0.05, 0.1) is 6.61 Å². The molecular weight excluding hydrogens is 162 g/mol. The predicted octanol–water partition coefficient (Wildman–Crippen LogP) is 1.35. The van der Waals surface area contributed by atoms with E-state index in [1.54, 1.807) is 0 Å². The molecule has 2 aliphatic carbocycles. The van der Waals surface area contributed by atoms with Crippen molar-refractivity contribution in [2.45, 2.75) is 25.7 Å². The van der Waals surface area contributed by atoms with Gasteiger partial charge in [-0.1, -0.05) is 12.8 Å². The Bertz CT molecular complexity index is 159. The van der Waals surface area contributed by atoms with Crippen molar-refractivity contribution >= 4 is 0 Å². The van der Waals surface area contributed by atoms with Gasteiger partial charge >= 0.3 is 0 Å². The molecule has 2 heteroatoms. The van der Waals surface area contributed by atoms with Gasteiger partial charge < -0.3 is 10.0 Å². The third-order valence-electron chi connectivity index (χ3n) is 3.84. The van der Waals surface area contributed by atoms with Gasteiger partial charge in [-0.3, -0.25) is 0 Å². The van der Waals surface area contributed by atoms with Crippen molar-refractivity contribution in [3.05, 3.63) is 0 Å². The minimum absolute atomic E-state index is 0.304. The van der Waals surface area contributed by atoms with Crippen molar-refractivity contribution in [2.24, 2.45) is 17.8 Å². The summed E-state index contributed by atoms with van der Waals surface area (Å²) in [4.78, 5) is 2.28. The van der Waals surface area contributed by atoms with Crippen molar-refractivity contribution in [3.8, 4) is 0 Å². The molecule has 2 atom stereocenters. The van der Waals surface area contributed by atoms with Crippen LogP contribution in [-0.4, -0.2) is 36.8 Å². The Morgan fingerprint density at radius 3 is 2.38 bits per heavy atom. The van der Waals surface area contributed by atoms with Gasteiger partial charge in [-0.15, -0.1) is 0 Å². The van der Waals surface area contributed by atoms with Gasteiger partial charge in [0.25, 0.3) is 0 Å². The van der Waals surface area contributed by atoms with E-state index in [-0.39, 0.29) is 0 Å². The van der Waals surface area contributed by atoms with Gasteiger partial charge in [-0.05, 0) is 37.6 Å². The maximum Gasteiger partial charge on any atom is 0.0558 e. The maximum absolute atomic E-state index is 8.79. The Morgan fingerprint density at radius 1 is 1.23 bits per heavy atom. The van der Waals surface area contributed by atoms with Gasteiger partial charge in [-0.2, -0.15) is 0 Å². The van der Waals surface area contributed by atoms with Crippen LogP contribution in [0, 0.1) is 17.8 Å². The predicted molar refractivity (Wildman–Crippen MR) is 53.5 cm³/mol. The number of fused-ring (bicyclic) bond motifs is 1. The Labute approximate surface area is 80.9 Å². The van der Waals surface area contributed by atoms with Crippen molar-refractivity contribution in [2.75, 3.05) is 26.7 Å². The zero-order valence-electron chi connectivity index (χ0n) is 8.58. The van der Waals surface area contributed by atoms with Gasteiger partial charge in [-0.25, -0.2) is 0 Å². The molecule has 2 aliphatic rings. The van der Waals surface area contributed by atoms with E-state index >= 15 is 0 Å². The summed E-state index contributed by atoms with van der Waals surface area (Å²) >= 11 is 0. The number of rotatable bonds is 4. The molecule has 13 heavy (non-hydrogen) atoms. The summed E-state index contributed by atoms with van der Waals surface area (Å²) in [6.07, 6.45) is 5.87. The molecular formula is C11H21NO. The molecule has 2 nitrogen and oxygen atoms in total. The molecule has 1 N–H and O–H groups in total. The third kappa shape index (κ3) is 2.05. The van der Waals surface area contributed by atoms with Crippen LogP contribution in [0.1, 0.15) is 25.7 Å². The second-order valence-corrected chi connectivity index (χ2v) is 4.76. The standard InChI is InChI=1S/C11H21NO/c1-12(6-7-13)8-11-9-4-2-3-5-10(9)11/h9-11,13H,2-8H2,1H3. The molecule has 0 amide bonds. The van der Waals surface area contributed by atoms with Crippen molar-refractivity contribution < 1.29 is 5.11 Å². The smallest absolute Gasteiger partial charge is 0.0558 e. The van der Waals surface area contributed by atoms with Gasteiger partial charge in [0.2, 0.25) is 0 Å². The highest BCUT2D eigenvalue weighted by molar-refractivity contribution is 4.99. The molecule has 0 bridgehead atoms. The summed E-state index contributed by atoms with van der Waals surface area (Å²) in [6, 6.07) is 0. The Balaban J connectivity index is 1.72. The first-order valence-electron chi connectivity index (χ1n) is 5.62. The fraction of sp³-hybridized carbons (Fsp3) is 1.00. The summed E-state index contributed by atoms with van der Waals surface area (Å²) in [5.41, 5.74) is 0. The number of aliphatic hydroxyl groups excluding tert-OH is 1. The molecule has 2 rings (SSSR count). The molecule has 0 spiro atoms. The maximum atomic E-state index is 8.79. The topological polar surface area (TPSA) is 23.5 Å².